The van der Waals surface area contributed by atoms with Crippen molar-refractivity contribution in [2.75, 3.05) is 12.4 Å². The van der Waals surface area contributed by atoms with Crippen LogP contribution in [0.3, 0.4) is 0 Å². The molecule has 0 atom stereocenters. The quantitative estimate of drug-likeness (QED) is 0.466. The van der Waals surface area contributed by atoms with Crippen molar-refractivity contribution >= 4 is 17.6 Å². The van der Waals surface area contributed by atoms with E-state index in [0.29, 0.717) is 29.7 Å². The fourth-order valence-corrected chi connectivity index (χ4v) is 2.80. The Balaban J connectivity index is 1.80. The molecule has 0 aliphatic heterocycles. The molecule has 0 radical (unpaired) electrons. The Bertz CT molecular complexity index is 999. The Kier molecular flexibility index (Phi) is 7.16. The summed E-state index contributed by atoms with van der Waals surface area (Å²) in [5, 5.41) is 6.09. The Labute approximate surface area is 177 Å². The molecule has 0 aliphatic rings. The van der Waals surface area contributed by atoms with Crippen LogP contribution < -0.4 is 15.4 Å². The van der Waals surface area contributed by atoms with Crippen LogP contribution >= 0.6 is 0 Å². The van der Waals surface area contributed by atoms with E-state index in [1.165, 1.54) is 5.56 Å². The Morgan fingerprint density at radius 2 is 1.80 bits per heavy atom. The van der Waals surface area contributed by atoms with Crippen molar-refractivity contribution in [1.29, 1.82) is 0 Å². The number of carbonyl (C=O) groups excluding carboxylic acids is 1. The van der Waals surface area contributed by atoms with Crippen LogP contribution in [0.1, 0.15) is 41.3 Å². The molecule has 0 bridgehead atoms. The number of amides is 1. The number of carbonyl (C=O) groups is 1. The Morgan fingerprint density at radius 1 is 1.07 bits per heavy atom. The first-order chi connectivity index (χ1) is 14.5. The number of hydrogen-bond donors (Lipinski definition) is 2. The van der Waals surface area contributed by atoms with E-state index in [1.807, 2.05) is 24.3 Å². The van der Waals surface area contributed by atoms with E-state index < -0.39 is 0 Å². The first-order valence-corrected chi connectivity index (χ1v) is 9.81. The minimum Gasteiger partial charge on any atom is -0.497 e. The molecular formula is C24H26N4O2. The fourth-order valence-electron chi connectivity index (χ4n) is 2.80. The highest BCUT2D eigenvalue weighted by Crippen LogP contribution is 2.17. The molecule has 2 aromatic carbocycles. The number of rotatable bonds is 6. The molecule has 154 valence electrons. The van der Waals surface area contributed by atoms with Gasteiger partial charge >= 0.3 is 0 Å². The van der Waals surface area contributed by atoms with Crippen molar-refractivity contribution in [3.8, 4) is 5.75 Å². The first kappa shape index (κ1) is 21.0. The second-order valence-corrected chi connectivity index (χ2v) is 7.11. The van der Waals surface area contributed by atoms with Gasteiger partial charge in [0.05, 0.1) is 13.7 Å². The lowest BCUT2D eigenvalue weighted by molar-refractivity contribution is 0.0976. The molecule has 2 N–H and O–H groups in total. The van der Waals surface area contributed by atoms with Crippen molar-refractivity contribution in [1.82, 2.24) is 10.3 Å². The van der Waals surface area contributed by atoms with Crippen LogP contribution in [0.5, 0.6) is 5.75 Å². The Hall–Kier alpha value is -3.67. The number of anilines is 1. The molecule has 0 fully saturated rings. The minimum absolute atomic E-state index is 0.270. The number of aliphatic imine (C=N–C) groups is 1. The minimum atomic E-state index is -0.270. The summed E-state index contributed by atoms with van der Waals surface area (Å²) < 4.78 is 5.21. The van der Waals surface area contributed by atoms with Gasteiger partial charge in [-0.05, 0) is 59.5 Å². The van der Waals surface area contributed by atoms with E-state index in [9.17, 15) is 4.79 Å². The predicted octanol–water partition coefficient (Wildman–Crippen LogP) is 4.61. The van der Waals surface area contributed by atoms with Gasteiger partial charge in [-0.25, -0.2) is 4.99 Å². The number of nitrogens with one attached hydrogen (secondary N) is 2. The lowest BCUT2D eigenvalue weighted by Crippen LogP contribution is -2.36. The molecule has 30 heavy (non-hydrogen) atoms. The zero-order valence-electron chi connectivity index (χ0n) is 17.4. The number of hydrogen-bond acceptors (Lipinski definition) is 4. The third-order valence-electron chi connectivity index (χ3n) is 4.57. The third kappa shape index (κ3) is 5.91. The van der Waals surface area contributed by atoms with Crippen molar-refractivity contribution < 1.29 is 9.53 Å². The highest BCUT2D eigenvalue weighted by Gasteiger charge is 2.11. The summed E-state index contributed by atoms with van der Waals surface area (Å²) in [7, 11) is 1.57. The van der Waals surface area contributed by atoms with Crippen LogP contribution in [0.4, 0.5) is 5.69 Å². The zero-order chi connectivity index (χ0) is 21.3. The predicted molar refractivity (Wildman–Crippen MR) is 120 cm³/mol. The molecule has 1 aromatic heterocycles. The monoisotopic (exact) mass is 402 g/mol. The van der Waals surface area contributed by atoms with Crippen molar-refractivity contribution in [2.24, 2.45) is 4.99 Å². The molecule has 0 aliphatic carbocycles. The van der Waals surface area contributed by atoms with Gasteiger partial charge in [0.2, 0.25) is 5.96 Å². The smallest absolute Gasteiger partial charge is 0.258 e. The summed E-state index contributed by atoms with van der Waals surface area (Å²) in [4.78, 5) is 21.4. The second-order valence-electron chi connectivity index (χ2n) is 7.11. The van der Waals surface area contributed by atoms with Gasteiger partial charge in [-0.3, -0.25) is 15.1 Å². The van der Waals surface area contributed by atoms with Crippen molar-refractivity contribution in [2.45, 2.75) is 26.3 Å². The molecule has 0 saturated heterocycles. The van der Waals surface area contributed by atoms with Gasteiger partial charge in [0.15, 0.2) is 0 Å². The van der Waals surface area contributed by atoms with Crippen LogP contribution in [0.15, 0.2) is 78.0 Å². The Morgan fingerprint density at radius 3 is 2.47 bits per heavy atom. The summed E-state index contributed by atoms with van der Waals surface area (Å²) in [6.45, 7) is 4.71. The molecular weight excluding hydrogens is 376 g/mol. The van der Waals surface area contributed by atoms with Crippen molar-refractivity contribution in [3.05, 3.63) is 89.7 Å². The van der Waals surface area contributed by atoms with Gasteiger partial charge in [0.1, 0.15) is 5.75 Å². The van der Waals surface area contributed by atoms with Gasteiger partial charge in [-0.1, -0.05) is 32.0 Å². The van der Waals surface area contributed by atoms with Gasteiger partial charge in [-0.2, -0.15) is 0 Å². The number of methoxy groups -OCH3 is 1. The molecule has 6 heteroatoms. The first-order valence-electron chi connectivity index (χ1n) is 9.81. The molecule has 0 unspecified atom stereocenters. The number of aromatic nitrogens is 1. The van der Waals surface area contributed by atoms with E-state index >= 15 is 0 Å². The van der Waals surface area contributed by atoms with Crippen LogP contribution in [-0.2, 0) is 6.54 Å². The van der Waals surface area contributed by atoms with Gasteiger partial charge in [-0.15, -0.1) is 0 Å². The maximum absolute atomic E-state index is 12.8. The lowest BCUT2D eigenvalue weighted by Gasteiger charge is -2.13. The zero-order valence-corrected chi connectivity index (χ0v) is 17.4. The van der Waals surface area contributed by atoms with E-state index in [4.69, 9.17) is 4.74 Å². The largest absolute Gasteiger partial charge is 0.497 e. The molecule has 6 nitrogen and oxygen atoms in total. The maximum Gasteiger partial charge on any atom is 0.258 e. The second kappa shape index (κ2) is 10.2. The number of pyridine rings is 1. The van der Waals surface area contributed by atoms with Crippen LogP contribution in [-0.4, -0.2) is 24.0 Å². The fraction of sp³-hybridized carbons (Fsp3) is 0.208. The topological polar surface area (TPSA) is 75.6 Å². The van der Waals surface area contributed by atoms with Gasteiger partial charge in [0.25, 0.3) is 5.91 Å². The summed E-state index contributed by atoms with van der Waals surface area (Å²) in [5.41, 5.74) is 3.58. The molecule has 3 rings (SSSR count). The summed E-state index contributed by atoms with van der Waals surface area (Å²) in [6.07, 6.45) is 3.44. The van der Waals surface area contributed by atoms with Crippen LogP contribution in [0.25, 0.3) is 0 Å². The van der Waals surface area contributed by atoms with Gasteiger partial charge < -0.3 is 10.1 Å². The van der Waals surface area contributed by atoms with E-state index in [2.05, 4.69) is 46.6 Å². The molecule has 0 saturated carbocycles. The molecule has 3 aromatic rings. The summed E-state index contributed by atoms with van der Waals surface area (Å²) in [6, 6.07) is 18.9. The number of ether oxygens (including phenoxy) is 1. The molecule has 1 heterocycles. The van der Waals surface area contributed by atoms with E-state index in [1.54, 1.807) is 43.8 Å². The summed E-state index contributed by atoms with van der Waals surface area (Å²) in [5.74, 6) is 1.17. The third-order valence-corrected chi connectivity index (χ3v) is 4.57. The average Bonchev–Trinajstić information content (AvgIpc) is 2.78. The highest BCUT2D eigenvalue weighted by molar-refractivity contribution is 6.10. The van der Waals surface area contributed by atoms with Crippen LogP contribution in [0.2, 0.25) is 0 Å². The van der Waals surface area contributed by atoms with Crippen LogP contribution in [0, 0.1) is 0 Å². The number of nitrogens with zero attached hydrogens (tertiary/aromatic N) is 2. The SMILES string of the molecule is COc1cccc(C(=O)NC(=NCc2ccncc2)Nc2ccc(C(C)C)cc2)c1. The average molecular weight is 402 g/mol. The lowest BCUT2D eigenvalue weighted by atomic mass is 10.0. The maximum atomic E-state index is 12.8. The normalized spacial score (nSPS) is 11.3. The number of benzene rings is 2. The van der Waals surface area contributed by atoms with E-state index in [-0.39, 0.29) is 5.91 Å². The standard InChI is InChI=1S/C24H26N4O2/c1-17(2)19-7-9-21(10-8-19)27-24(26-16-18-11-13-25-14-12-18)28-23(29)20-5-4-6-22(15-20)30-3/h4-15,17H,16H2,1-3H3,(H2,26,27,28,29). The highest BCUT2D eigenvalue weighted by atomic mass is 16.5. The van der Waals surface area contributed by atoms with Crippen molar-refractivity contribution in [3.63, 3.8) is 0 Å². The van der Waals surface area contributed by atoms with E-state index in [0.717, 1.165) is 11.3 Å². The van der Waals surface area contributed by atoms with Gasteiger partial charge in [0, 0.05) is 23.6 Å². The number of guanidine groups is 1. The summed E-state index contributed by atoms with van der Waals surface area (Å²) >= 11 is 0. The molecule has 0 spiro atoms. The molecule has 1 amide bonds.